The predicted molar refractivity (Wildman–Crippen MR) is 58.4 cm³/mol. The van der Waals surface area contributed by atoms with E-state index in [2.05, 4.69) is 0 Å². The fourth-order valence-corrected chi connectivity index (χ4v) is 1.16. The number of carbonyl (C=O) groups excluding carboxylic acids is 1. The molecule has 0 heterocycles. The van der Waals surface area contributed by atoms with Gasteiger partial charge in [-0.05, 0) is 24.6 Å². The van der Waals surface area contributed by atoms with Crippen molar-refractivity contribution in [1.29, 1.82) is 0 Å². The van der Waals surface area contributed by atoms with E-state index in [0.29, 0.717) is 12.4 Å². The Bertz CT molecular complexity index is 337. The maximum atomic E-state index is 10.5. The first-order valence-corrected chi connectivity index (χ1v) is 4.86. The van der Waals surface area contributed by atoms with Gasteiger partial charge in [-0.25, -0.2) is 0 Å². The Morgan fingerprint density at radius 1 is 1.53 bits per heavy atom. The number of nitrogens with two attached hydrogens (primary N) is 2. The van der Waals surface area contributed by atoms with Crippen molar-refractivity contribution in [2.75, 3.05) is 6.61 Å². The molecular weight excluding hydrogens is 192 g/mol. The van der Waals surface area contributed by atoms with Crippen LogP contribution in [0.15, 0.2) is 24.3 Å². The molecule has 82 valence electrons. The molecule has 0 unspecified atom stereocenters. The maximum Gasteiger partial charge on any atom is 0.220 e. The van der Waals surface area contributed by atoms with Gasteiger partial charge in [0.05, 0.1) is 13.0 Å². The van der Waals surface area contributed by atoms with Crippen molar-refractivity contribution >= 4 is 5.91 Å². The third-order valence-corrected chi connectivity index (χ3v) is 2.00. The standard InChI is InChI=1S/C11H16N2O2/c1-8(12)9-3-2-4-10(7-9)15-6-5-11(13)14/h2-4,7-8H,5-6,12H2,1H3,(H2,13,14)/t8-/m1/s1. The van der Waals surface area contributed by atoms with Gasteiger partial charge in [0.25, 0.3) is 0 Å². The second-order valence-corrected chi connectivity index (χ2v) is 3.43. The second-order valence-electron chi connectivity index (χ2n) is 3.43. The summed E-state index contributed by atoms with van der Waals surface area (Å²) in [5.74, 6) is 0.351. The van der Waals surface area contributed by atoms with Crippen molar-refractivity contribution in [3.63, 3.8) is 0 Å². The molecule has 0 radical (unpaired) electrons. The van der Waals surface area contributed by atoms with Crippen LogP contribution in [-0.4, -0.2) is 12.5 Å². The summed E-state index contributed by atoms with van der Waals surface area (Å²) >= 11 is 0. The zero-order chi connectivity index (χ0) is 11.3. The summed E-state index contributed by atoms with van der Waals surface area (Å²) in [5.41, 5.74) is 11.7. The van der Waals surface area contributed by atoms with E-state index in [-0.39, 0.29) is 18.4 Å². The Morgan fingerprint density at radius 2 is 2.27 bits per heavy atom. The SMILES string of the molecule is C[C@@H](N)c1cccc(OCCC(N)=O)c1. The molecule has 0 aliphatic rings. The quantitative estimate of drug-likeness (QED) is 0.756. The zero-order valence-corrected chi connectivity index (χ0v) is 8.77. The van der Waals surface area contributed by atoms with Gasteiger partial charge in [-0.3, -0.25) is 4.79 Å². The van der Waals surface area contributed by atoms with Crippen LogP contribution in [0.1, 0.15) is 24.9 Å². The monoisotopic (exact) mass is 208 g/mol. The molecule has 0 fully saturated rings. The van der Waals surface area contributed by atoms with Crippen LogP contribution < -0.4 is 16.2 Å². The third kappa shape index (κ3) is 3.99. The van der Waals surface area contributed by atoms with Crippen LogP contribution in [0, 0.1) is 0 Å². The maximum absolute atomic E-state index is 10.5. The minimum absolute atomic E-state index is 0.0234. The first-order chi connectivity index (χ1) is 7.09. The molecule has 0 saturated carbocycles. The topological polar surface area (TPSA) is 78.3 Å². The molecule has 1 rings (SSSR count). The lowest BCUT2D eigenvalue weighted by atomic mass is 10.1. The van der Waals surface area contributed by atoms with Gasteiger partial charge in [-0.1, -0.05) is 12.1 Å². The molecule has 0 aliphatic heterocycles. The third-order valence-electron chi connectivity index (χ3n) is 2.00. The van der Waals surface area contributed by atoms with E-state index in [0.717, 1.165) is 5.56 Å². The summed E-state index contributed by atoms with van der Waals surface area (Å²) in [6.07, 6.45) is 0.225. The van der Waals surface area contributed by atoms with Gasteiger partial charge in [0.1, 0.15) is 5.75 Å². The fraction of sp³-hybridized carbons (Fsp3) is 0.364. The van der Waals surface area contributed by atoms with Crippen LogP contribution in [0.4, 0.5) is 0 Å². The van der Waals surface area contributed by atoms with Crippen LogP contribution in [-0.2, 0) is 4.79 Å². The van der Waals surface area contributed by atoms with Crippen LogP contribution in [0.2, 0.25) is 0 Å². The molecule has 4 heteroatoms. The van der Waals surface area contributed by atoms with E-state index in [4.69, 9.17) is 16.2 Å². The van der Waals surface area contributed by atoms with Crippen LogP contribution >= 0.6 is 0 Å². The average Bonchev–Trinajstić information content (AvgIpc) is 2.17. The summed E-state index contributed by atoms with van der Waals surface area (Å²) in [6, 6.07) is 7.48. The Balaban J connectivity index is 2.54. The number of benzene rings is 1. The van der Waals surface area contributed by atoms with E-state index < -0.39 is 0 Å². The molecule has 0 aliphatic carbocycles. The summed E-state index contributed by atoms with van der Waals surface area (Å²) in [7, 11) is 0. The predicted octanol–water partition coefficient (Wildman–Crippen LogP) is 0.961. The number of hydrogen-bond acceptors (Lipinski definition) is 3. The van der Waals surface area contributed by atoms with Gasteiger partial charge in [-0.15, -0.1) is 0 Å². The van der Waals surface area contributed by atoms with Crippen LogP contribution in [0.3, 0.4) is 0 Å². The van der Waals surface area contributed by atoms with Crippen molar-refractivity contribution in [1.82, 2.24) is 0 Å². The van der Waals surface area contributed by atoms with Gasteiger partial charge in [-0.2, -0.15) is 0 Å². The number of amides is 1. The molecule has 0 bridgehead atoms. The van der Waals surface area contributed by atoms with Crippen LogP contribution in [0.25, 0.3) is 0 Å². The van der Waals surface area contributed by atoms with E-state index in [9.17, 15) is 4.79 Å². The normalized spacial score (nSPS) is 12.1. The van der Waals surface area contributed by atoms with Crippen LogP contribution in [0.5, 0.6) is 5.75 Å². The number of primary amides is 1. The Morgan fingerprint density at radius 3 is 2.87 bits per heavy atom. The molecule has 0 saturated heterocycles. The lowest BCUT2D eigenvalue weighted by Gasteiger charge is -2.09. The Kier molecular flexibility index (Phi) is 4.12. The second kappa shape index (κ2) is 5.36. The smallest absolute Gasteiger partial charge is 0.220 e. The summed E-state index contributed by atoms with van der Waals surface area (Å²) in [6.45, 7) is 2.21. The number of hydrogen-bond donors (Lipinski definition) is 2. The zero-order valence-electron chi connectivity index (χ0n) is 8.77. The van der Waals surface area contributed by atoms with Gasteiger partial charge in [0.2, 0.25) is 5.91 Å². The van der Waals surface area contributed by atoms with E-state index in [1.165, 1.54) is 0 Å². The van der Waals surface area contributed by atoms with Gasteiger partial charge >= 0.3 is 0 Å². The minimum Gasteiger partial charge on any atom is -0.493 e. The van der Waals surface area contributed by atoms with Gasteiger partial charge < -0.3 is 16.2 Å². The van der Waals surface area contributed by atoms with Crippen molar-refractivity contribution in [2.24, 2.45) is 11.5 Å². The van der Waals surface area contributed by atoms with E-state index in [1.807, 2.05) is 31.2 Å². The molecule has 0 aromatic heterocycles. The molecule has 1 amide bonds. The summed E-state index contributed by atoms with van der Waals surface area (Å²) in [4.78, 5) is 10.5. The highest BCUT2D eigenvalue weighted by Gasteiger charge is 2.01. The first kappa shape index (κ1) is 11.5. The number of rotatable bonds is 5. The highest BCUT2D eigenvalue weighted by Crippen LogP contribution is 2.17. The van der Waals surface area contributed by atoms with E-state index >= 15 is 0 Å². The molecular formula is C11H16N2O2. The van der Waals surface area contributed by atoms with Crippen molar-refractivity contribution < 1.29 is 9.53 Å². The summed E-state index contributed by atoms with van der Waals surface area (Å²) in [5, 5.41) is 0. The summed E-state index contributed by atoms with van der Waals surface area (Å²) < 4.78 is 5.35. The lowest BCUT2D eigenvalue weighted by Crippen LogP contribution is -2.14. The molecule has 15 heavy (non-hydrogen) atoms. The first-order valence-electron chi connectivity index (χ1n) is 4.86. The van der Waals surface area contributed by atoms with E-state index in [1.54, 1.807) is 0 Å². The molecule has 1 atom stereocenters. The highest BCUT2D eigenvalue weighted by molar-refractivity contribution is 5.73. The minimum atomic E-state index is -0.363. The number of ether oxygens (including phenoxy) is 1. The van der Waals surface area contributed by atoms with Crippen molar-refractivity contribution in [3.05, 3.63) is 29.8 Å². The fourth-order valence-electron chi connectivity index (χ4n) is 1.16. The van der Waals surface area contributed by atoms with Gasteiger partial charge in [0.15, 0.2) is 0 Å². The Labute approximate surface area is 89.2 Å². The van der Waals surface area contributed by atoms with Gasteiger partial charge in [0, 0.05) is 6.04 Å². The average molecular weight is 208 g/mol. The highest BCUT2D eigenvalue weighted by atomic mass is 16.5. The van der Waals surface area contributed by atoms with Crippen molar-refractivity contribution in [2.45, 2.75) is 19.4 Å². The van der Waals surface area contributed by atoms with Crippen molar-refractivity contribution in [3.8, 4) is 5.75 Å². The molecule has 1 aromatic rings. The Hall–Kier alpha value is -1.55. The largest absolute Gasteiger partial charge is 0.493 e. The lowest BCUT2D eigenvalue weighted by molar-refractivity contribution is -0.118. The molecule has 4 nitrogen and oxygen atoms in total. The molecule has 1 aromatic carbocycles. The number of carbonyl (C=O) groups is 1. The molecule has 0 spiro atoms. The molecule has 4 N–H and O–H groups in total.